The molecule has 0 aliphatic rings. The molecule has 4 aromatic rings. The van der Waals surface area contributed by atoms with Crippen molar-refractivity contribution >= 4 is 39.1 Å². The van der Waals surface area contributed by atoms with Gasteiger partial charge in [0.1, 0.15) is 18.3 Å². The fourth-order valence-corrected chi connectivity index (χ4v) is 6.34. The molecule has 0 aliphatic heterocycles. The fourth-order valence-electron chi connectivity index (χ4n) is 4.68. The van der Waals surface area contributed by atoms with E-state index in [4.69, 9.17) is 16.3 Å². The summed E-state index contributed by atoms with van der Waals surface area (Å²) in [4.78, 5) is 29.1. The summed E-state index contributed by atoms with van der Waals surface area (Å²) in [5.41, 5.74) is 2.71. The van der Waals surface area contributed by atoms with Crippen molar-refractivity contribution in [2.24, 2.45) is 0 Å². The third-order valence-corrected chi connectivity index (χ3v) is 9.11. The molecule has 0 radical (unpaired) electrons. The highest BCUT2D eigenvalue weighted by molar-refractivity contribution is 7.92. The lowest BCUT2D eigenvalue weighted by atomic mass is 10.0. The van der Waals surface area contributed by atoms with Gasteiger partial charge in [0.25, 0.3) is 10.0 Å². The van der Waals surface area contributed by atoms with Crippen LogP contribution < -0.4 is 14.4 Å². The molecule has 0 fully saturated rings. The Hall–Kier alpha value is -4.34. The summed E-state index contributed by atoms with van der Waals surface area (Å²) in [6.45, 7) is 1.37. The van der Waals surface area contributed by atoms with Crippen molar-refractivity contribution in [3.63, 3.8) is 0 Å². The van der Waals surface area contributed by atoms with Crippen LogP contribution in [0.15, 0.2) is 108 Å². The Balaban J connectivity index is 1.80. The number of likely N-dealkylation sites (N-methyl/N-ethyl adjacent to an activating group) is 1. The molecule has 0 saturated carbocycles. The van der Waals surface area contributed by atoms with E-state index < -0.39 is 28.5 Å². The van der Waals surface area contributed by atoms with Gasteiger partial charge in [-0.2, -0.15) is 0 Å². The van der Waals surface area contributed by atoms with E-state index in [-0.39, 0.29) is 34.5 Å². The second-order valence-electron chi connectivity index (χ2n) is 9.97. The van der Waals surface area contributed by atoms with Crippen LogP contribution in [0, 0.1) is 6.92 Å². The number of hydrogen-bond acceptors (Lipinski definition) is 5. The zero-order valence-electron chi connectivity index (χ0n) is 24.2. The number of nitrogens with one attached hydrogen (secondary N) is 1. The molecule has 8 nitrogen and oxygen atoms in total. The molecule has 0 aromatic heterocycles. The number of carbonyl (C=O) groups is 2. The van der Waals surface area contributed by atoms with E-state index in [1.807, 2.05) is 67.6 Å². The summed E-state index contributed by atoms with van der Waals surface area (Å²) in [5.74, 6) is -0.567. The third-order valence-electron chi connectivity index (χ3n) is 7.02. The molecule has 0 heterocycles. The molecule has 1 N–H and O–H groups in total. The number of nitrogens with zero attached hydrogens (tertiary/aromatic N) is 2. The van der Waals surface area contributed by atoms with Crippen LogP contribution in [0.2, 0.25) is 5.02 Å². The van der Waals surface area contributed by atoms with Gasteiger partial charge in [0.05, 0.1) is 22.7 Å². The minimum Gasteiger partial charge on any atom is -0.495 e. The van der Waals surface area contributed by atoms with E-state index in [0.717, 1.165) is 21.0 Å². The Morgan fingerprint density at radius 3 is 2.05 bits per heavy atom. The van der Waals surface area contributed by atoms with Gasteiger partial charge in [0, 0.05) is 20.0 Å². The Bertz CT molecular complexity index is 1650. The number of sulfonamides is 1. The van der Waals surface area contributed by atoms with E-state index in [1.165, 1.54) is 43.3 Å². The van der Waals surface area contributed by atoms with Crippen LogP contribution in [-0.4, -0.2) is 51.9 Å². The highest BCUT2D eigenvalue weighted by atomic mass is 35.5. The normalized spacial score (nSPS) is 11.8. The molecule has 0 bridgehead atoms. The van der Waals surface area contributed by atoms with Crippen molar-refractivity contribution in [3.8, 4) is 5.75 Å². The summed E-state index contributed by atoms with van der Waals surface area (Å²) in [6, 6.07) is 28.6. The minimum absolute atomic E-state index is 0.0135. The maximum Gasteiger partial charge on any atom is 0.264 e. The lowest BCUT2D eigenvalue weighted by Crippen LogP contribution is -2.53. The zero-order chi connectivity index (χ0) is 31.0. The van der Waals surface area contributed by atoms with Crippen molar-refractivity contribution in [2.75, 3.05) is 25.0 Å². The maximum atomic E-state index is 14.3. The minimum atomic E-state index is -4.23. The first-order valence-corrected chi connectivity index (χ1v) is 15.5. The van der Waals surface area contributed by atoms with Gasteiger partial charge < -0.3 is 15.0 Å². The second kappa shape index (κ2) is 14.2. The summed E-state index contributed by atoms with van der Waals surface area (Å²) < 4.78 is 34.4. The Morgan fingerprint density at radius 2 is 1.49 bits per heavy atom. The summed E-state index contributed by atoms with van der Waals surface area (Å²) >= 11 is 6.40. The van der Waals surface area contributed by atoms with Gasteiger partial charge in [-0.05, 0) is 48.4 Å². The van der Waals surface area contributed by atoms with E-state index in [1.54, 1.807) is 18.2 Å². The number of rotatable bonds is 12. The van der Waals surface area contributed by atoms with Gasteiger partial charge in [-0.15, -0.1) is 0 Å². The maximum absolute atomic E-state index is 14.3. The van der Waals surface area contributed by atoms with Crippen LogP contribution in [0.4, 0.5) is 5.69 Å². The number of halogens is 1. The van der Waals surface area contributed by atoms with Crippen molar-refractivity contribution in [2.45, 2.75) is 30.8 Å². The predicted molar refractivity (Wildman–Crippen MR) is 169 cm³/mol. The molecule has 1 atom stereocenters. The van der Waals surface area contributed by atoms with Crippen molar-refractivity contribution in [1.29, 1.82) is 0 Å². The van der Waals surface area contributed by atoms with Gasteiger partial charge in [-0.25, -0.2) is 8.42 Å². The first-order valence-electron chi connectivity index (χ1n) is 13.7. The van der Waals surface area contributed by atoms with Crippen LogP contribution in [0.5, 0.6) is 5.75 Å². The highest BCUT2D eigenvalue weighted by Crippen LogP contribution is 2.32. The first kappa shape index (κ1) is 31.6. The second-order valence-corrected chi connectivity index (χ2v) is 12.2. The molecule has 0 saturated heterocycles. The molecule has 0 aliphatic carbocycles. The molecule has 0 spiro atoms. The van der Waals surface area contributed by atoms with Crippen LogP contribution >= 0.6 is 11.6 Å². The number of ether oxygens (including phenoxy) is 1. The summed E-state index contributed by atoms with van der Waals surface area (Å²) in [7, 11) is -1.26. The summed E-state index contributed by atoms with van der Waals surface area (Å²) in [6.07, 6.45) is 0.234. The number of hydrogen-bond donors (Lipinski definition) is 1. The van der Waals surface area contributed by atoms with Crippen molar-refractivity contribution in [3.05, 3.63) is 125 Å². The standard InChI is InChI=1S/C33H34ClN3O5S/c1-24-14-17-28(18-15-24)43(40,41)37(27-16-19-31(42-3)29(34)21-27)23-32(38)36(22-26-12-8-5-9-13-26)30(33(39)35-2)20-25-10-6-4-7-11-25/h4-19,21,30H,20,22-23H2,1-3H3,(H,35,39)/t30-/m0/s1. The molecule has 4 aromatic carbocycles. The predicted octanol–water partition coefficient (Wildman–Crippen LogP) is 5.24. The number of aryl methyl sites for hydroxylation is 1. The van der Waals surface area contributed by atoms with Crippen molar-refractivity contribution in [1.82, 2.24) is 10.2 Å². The third kappa shape index (κ3) is 7.74. The Kier molecular flexibility index (Phi) is 10.4. The number of amides is 2. The van der Waals surface area contributed by atoms with Crippen LogP contribution in [0.1, 0.15) is 16.7 Å². The Morgan fingerprint density at radius 1 is 0.884 bits per heavy atom. The van der Waals surface area contributed by atoms with Gasteiger partial charge in [-0.3, -0.25) is 13.9 Å². The lowest BCUT2D eigenvalue weighted by molar-refractivity contribution is -0.139. The molecule has 224 valence electrons. The smallest absolute Gasteiger partial charge is 0.264 e. The van der Waals surface area contributed by atoms with Crippen LogP contribution in [0.3, 0.4) is 0 Å². The SMILES string of the molecule is CNC(=O)[C@H](Cc1ccccc1)N(Cc1ccccc1)C(=O)CN(c1ccc(OC)c(Cl)c1)S(=O)(=O)c1ccc(C)cc1. The van der Waals surface area contributed by atoms with Crippen molar-refractivity contribution < 1.29 is 22.7 Å². The molecule has 43 heavy (non-hydrogen) atoms. The van der Waals surface area contributed by atoms with E-state index in [9.17, 15) is 18.0 Å². The molecule has 10 heteroatoms. The zero-order valence-corrected chi connectivity index (χ0v) is 25.8. The van der Waals surface area contributed by atoms with E-state index >= 15 is 0 Å². The summed E-state index contributed by atoms with van der Waals surface area (Å²) in [5, 5.41) is 2.86. The van der Waals surface area contributed by atoms with Gasteiger partial charge in [0.15, 0.2) is 0 Å². The average molecular weight is 620 g/mol. The molecule has 2 amide bonds. The molecule has 4 rings (SSSR count). The number of benzene rings is 4. The number of methoxy groups -OCH3 is 1. The van der Waals surface area contributed by atoms with Gasteiger partial charge in [0.2, 0.25) is 11.8 Å². The fraction of sp³-hybridized carbons (Fsp3) is 0.212. The monoisotopic (exact) mass is 619 g/mol. The first-order chi connectivity index (χ1) is 20.6. The quantitative estimate of drug-likeness (QED) is 0.234. The topological polar surface area (TPSA) is 96.0 Å². The van der Waals surface area contributed by atoms with Gasteiger partial charge in [-0.1, -0.05) is 90.0 Å². The van der Waals surface area contributed by atoms with E-state index in [2.05, 4.69) is 5.32 Å². The number of carbonyl (C=O) groups excluding carboxylic acids is 2. The van der Waals surface area contributed by atoms with Crippen LogP contribution in [0.25, 0.3) is 0 Å². The average Bonchev–Trinajstić information content (AvgIpc) is 3.02. The Labute approximate surface area is 257 Å². The largest absolute Gasteiger partial charge is 0.495 e. The highest BCUT2D eigenvalue weighted by Gasteiger charge is 2.34. The number of anilines is 1. The lowest BCUT2D eigenvalue weighted by Gasteiger charge is -2.33. The van der Waals surface area contributed by atoms with E-state index in [0.29, 0.717) is 5.75 Å². The molecule has 0 unspecified atom stereocenters. The van der Waals surface area contributed by atoms with Crippen LogP contribution in [-0.2, 0) is 32.6 Å². The van der Waals surface area contributed by atoms with Gasteiger partial charge >= 0.3 is 0 Å². The molecular formula is C33H34ClN3O5S. The molecular weight excluding hydrogens is 586 g/mol.